The van der Waals surface area contributed by atoms with E-state index in [0.29, 0.717) is 13.2 Å². The van der Waals surface area contributed by atoms with E-state index in [1.807, 2.05) is 22.9 Å². The lowest BCUT2D eigenvalue weighted by atomic mass is 10.0. The SMILES string of the molecule is CCCn1ncc(Br)c1C(N)c1cccc2c1OCCO2. The highest BCUT2D eigenvalue weighted by molar-refractivity contribution is 9.10. The Labute approximate surface area is 132 Å². The summed E-state index contributed by atoms with van der Waals surface area (Å²) in [5.74, 6) is 1.50. The van der Waals surface area contributed by atoms with Crippen molar-refractivity contribution in [2.75, 3.05) is 13.2 Å². The van der Waals surface area contributed by atoms with Gasteiger partial charge < -0.3 is 15.2 Å². The van der Waals surface area contributed by atoms with Crippen LogP contribution in [0.5, 0.6) is 11.5 Å². The van der Waals surface area contributed by atoms with E-state index in [1.54, 1.807) is 6.20 Å². The Balaban J connectivity index is 2.03. The number of aryl methyl sites for hydroxylation is 1. The molecule has 0 fully saturated rings. The Morgan fingerprint density at radius 2 is 2.19 bits per heavy atom. The van der Waals surface area contributed by atoms with Crippen molar-refractivity contribution in [3.63, 3.8) is 0 Å². The Morgan fingerprint density at radius 1 is 1.38 bits per heavy atom. The number of halogens is 1. The molecule has 0 saturated carbocycles. The van der Waals surface area contributed by atoms with Crippen LogP contribution in [0.3, 0.4) is 0 Å². The highest BCUT2D eigenvalue weighted by Crippen LogP contribution is 2.39. The number of hydrogen-bond donors (Lipinski definition) is 1. The van der Waals surface area contributed by atoms with Crippen LogP contribution >= 0.6 is 15.9 Å². The fraction of sp³-hybridized carbons (Fsp3) is 0.400. The predicted molar refractivity (Wildman–Crippen MR) is 83.7 cm³/mol. The van der Waals surface area contributed by atoms with E-state index in [9.17, 15) is 0 Å². The van der Waals surface area contributed by atoms with Gasteiger partial charge in [0.05, 0.1) is 22.4 Å². The fourth-order valence-corrected chi connectivity index (χ4v) is 3.10. The van der Waals surface area contributed by atoms with Gasteiger partial charge in [-0.05, 0) is 28.4 Å². The zero-order valence-electron chi connectivity index (χ0n) is 11.9. The van der Waals surface area contributed by atoms with Gasteiger partial charge in [0, 0.05) is 12.1 Å². The smallest absolute Gasteiger partial charge is 0.166 e. The lowest BCUT2D eigenvalue weighted by Gasteiger charge is -2.24. The third-order valence-corrected chi connectivity index (χ3v) is 4.11. The number of hydrogen-bond acceptors (Lipinski definition) is 4. The maximum atomic E-state index is 6.49. The van der Waals surface area contributed by atoms with Gasteiger partial charge in [-0.1, -0.05) is 19.1 Å². The number of aromatic nitrogens is 2. The average molecular weight is 352 g/mol. The highest BCUT2D eigenvalue weighted by Gasteiger charge is 2.24. The van der Waals surface area contributed by atoms with Gasteiger partial charge in [-0.3, -0.25) is 4.68 Å². The topological polar surface area (TPSA) is 62.3 Å². The molecule has 6 heteroatoms. The number of nitrogens with zero attached hydrogens (tertiary/aromatic N) is 2. The normalized spacial score (nSPS) is 15.0. The van der Waals surface area contributed by atoms with Crippen LogP contribution in [0.15, 0.2) is 28.9 Å². The minimum Gasteiger partial charge on any atom is -0.486 e. The number of ether oxygens (including phenoxy) is 2. The van der Waals surface area contributed by atoms with Gasteiger partial charge in [0.15, 0.2) is 11.5 Å². The van der Waals surface area contributed by atoms with Crippen molar-refractivity contribution in [3.8, 4) is 11.5 Å². The summed E-state index contributed by atoms with van der Waals surface area (Å²) in [6.07, 6.45) is 2.79. The van der Waals surface area contributed by atoms with E-state index in [4.69, 9.17) is 15.2 Å². The molecule has 2 aromatic rings. The molecule has 0 amide bonds. The van der Waals surface area contributed by atoms with Crippen molar-refractivity contribution in [2.45, 2.75) is 25.9 Å². The van der Waals surface area contributed by atoms with Gasteiger partial charge in [0.2, 0.25) is 0 Å². The van der Waals surface area contributed by atoms with Gasteiger partial charge >= 0.3 is 0 Å². The van der Waals surface area contributed by atoms with Crippen LogP contribution < -0.4 is 15.2 Å². The van der Waals surface area contributed by atoms with Crippen LogP contribution in [0.2, 0.25) is 0 Å². The molecule has 1 aromatic carbocycles. The van der Waals surface area contributed by atoms with Gasteiger partial charge in [-0.2, -0.15) is 5.10 Å². The van der Waals surface area contributed by atoms with Crippen LogP contribution in [0.25, 0.3) is 0 Å². The van der Waals surface area contributed by atoms with E-state index in [0.717, 1.165) is 40.2 Å². The van der Waals surface area contributed by atoms with Crippen molar-refractivity contribution in [1.82, 2.24) is 9.78 Å². The molecular weight excluding hydrogens is 334 g/mol. The molecule has 0 spiro atoms. The molecule has 1 atom stereocenters. The van der Waals surface area contributed by atoms with Crippen LogP contribution in [-0.2, 0) is 6.54 Å². The summed E-state index contributed by atoms with van der Waals surface area (Å²) in [7, 11) is 0. The first-order valence-electron chi connectivity index (χ1n) is 7.07. The van der Waals surface area contributed by atoms with Crippen LogP contribution in [0, 0.1) is 0 Å². The number of nitrogens with two attached hydrogens (primary N) is 1. The summed E-state index contributed by atoms with van der Waals surface area (Å²) in [4.78, 5) is 0. The third-order valence-electron chi connectivity index (χ3n) is 3.49. The first kappa shape index (κ1) is 14.4. The summed E-state index contributed by atoms with van der Waals surface area (Å²) >= 11 is 3.55. The van der Waals surface area contributed by atoms with Crippen molar-refractivity contribution in [2.24, 2.45) is 5.73 Å². The van der Waals surface area contributed by atoms with Gasteiger partial charge in [0.25, 0.3) is 0 Å². The van der Waals surface area contributed by atoms with Gasteiger partial charge in [-0.15, -0.1) is 0 Å². The molecule has 3 rings (SSSR count). The Kier molecular flexibility index (Phi) is 4.17. The molecule has 2 heterocycles. The predicted octanol–water partition coefficient (Wildman–Crippen LogP) is 2.87. The van der Waals surface area contributed by atoms with Crippen LogP contribution in [0.4, 0.5) is 0 Å². The van der Waals surface area contributed by atoms with E-state index >= 15 is 0 Å². The summed E-state index contributed by atoms with van der Waals surface area (Å²) in [6.45, 7) is 4.07. The largest absolute Gasteiger partial charge is 0.486 e. The molecule has 1 unspecified atom stereocenters. The lowest BCUT2D eigenvalue weighted by molar-refractivity contribution is 0.169. The fourth-order valence-electron chi connectivity index (χ4n) is 2.56. The molecule has 0 aliphatic carbocycles. The maximum absolute atomic E-state index is 6.49. The van der Waals surface area contributed by atoms with Crippen molar-refractivity contribution < 1.29 is 9.47 Å². The van der Waals surface area contributed by atoms with Crippen molar-refractivity contribution >= 4 is 15.9 Å². The second kappa shape index (κ2) is 6.07. The first-order chi connectivity index (χ1) is 10.2. The minimum absolute atomic E-state index is 0.315. The molecule has 21 heavy (non-hydrogen) atoms. The average Bonchev–Trinajstić information content (AvgIpc) is 2.87. The first-order valence-corrected chi connectivity index (χ1v) is 7.87. The molecule has 1 aromatic heterocycles. The second-order valence-electron chi connectivity index (χ2n) is 4.95. The number of fused-ring (bicyclic) bond motifs is 1. The van der Waals surface area contributed by atoms with Crippen molar-refractivity contribution in [3.05, 3.63) is 40.1 Å². The van der Waals surface area contributed by atoms with E-state index < -0.39 is 0 Å². The molecule has 0 bridgehead atoms. The van der Waals surface area contributed by atoms with E-state index in [1.165, 1.54) is 0 Å². The number of rotatable bonds is 4. The quantitative estimate of drug-likeness (QED) is 0.919. The Hall–Kier alpha value is -1.53. The molecule has 0 radical (unpaired) electrons. The molecule has 1 aliphatic rings. The second-order valence-corrected chi connectivity index (χ2v) is 5.80. The monoisotopic (exact) mass is 351 g/mol. The summed E-state index contributed by atoms with van der Waals surface area (Å²) in [6, 6.07) is 5.51. The molecule has 112 valence electrons. The molecular formula is C15H18BrN3O2. The number of benzene rings is 1. The highest BCUT2D eigenvalue weighted by atomic mass is 79.9. The maximum Gasteiger partial charge on any atom is 0.166 e. The molecule has 5 nitrogen and oxygen atoms in total. The summed E-state index contributed by atoms with van der Waals surface area (Å²) in [5, 5.41) is 4.38. The van der Waals surface area contributed by atoms with Gasteiger partial charge in [0.1, 0.15) is 13.2 Å². The van der Waals surface area contributed by atoms with Gasteiger partial charge in [-0.25, -0.2) is 0 Å². The van der Waals surface area contributed by atoms with E-state index in [2.05, 4.69) is 28.0 Å². The zero-order chi connectivity index (χ0) is 14.8. The Bertz CT molecular complexity index is 642. The number of para-hydroxylation sites is 1. The standard InChI is InChI=1S/C15H18BrN3O2/c1-2-6-19-14(11(16)9-18-19)13(17)10-4-3-5-12-15(10)21-8-7-20-12/h3-5,9,13H,2,6-8,17H2,1H3. The summed E-state index contributed by atoms with van der Waals surface area (Å²) < 4.78 is 14.2. The summed E-state index contributed by atoms with van der Waals surface area (Å²) in [5.41, 5.74) is 8.37. The third kappa shape index (κ3) is 2.65. The molecule has 0 saturated heterocycles. The van der Waals surface area contributed by atoms with E-state index in [-0.39, 0.29) is 6.04 Å². The molecule has 1 aliphatic heterocycles. The van der Waals surface area contributed by atoms with Crippen molar-refractivity contribution in [1.29, 1.82) is 0 Å². The molecule has 2 N–H and O–H groups in total. The van der Waals surface area contributed by atoms with Crippen LogP contribution in [-0.4, -0.2) is 23.0 Å². The van der Waals surface area contributed by atoms with Crippen LogP contribution in [0.1, 0.15) is 30.6 Å². The zero-order valence-corrected chi connectivity index (χ0v) is 13.5. The minimum atomic E-state index is -0.315. The lowest BCUT2D eigenvalue weighted by Crippen LogP contribution is -2.22. The Morgan fingerprint density at radius 3 is 3.00 bits per heavy atom.